The summed E-state index contributed by atoms with van der Waals surface area (Å²) in [6.07, 6.45) is 1.29. The number of hydrogen-bond acceptors (Lipinski definition) is 8. The standard InChI is InChI=1S/C23H28N4O3S2/c1-14-7-15(2)10-27(9-14)11-17-12-32-23(24-17)26-21(28)18-13-31-22(25-18)16-5-6-19(29-3)20(8-16)30-4/h5-6,8,12-15H,7,9-11H2,1-4H3,(H,24,26,28). The number of aromatic nitrogens is 2. The highest BCUT2D eigenvalue weighted by molar-refractivity contribution is 7.14. The van der Waals surface area contributed by atoms with E-state index in [2.05, 4.69) is 34.0 Å². The third-order valence-electron chi connectivity index (χ3n) is 5.47. The number of carbonyl (C=O) groups excluding carboxylic acids is 1. The maximum Gasteiger partial charge on any atom is 0.276 e. The minimum Gasteiger partial charge on any atom is -0.493 e. The number of thiazole rings is 2. The van der Waals surface area contributed by atoms with Crippen molar-refractivity contribution in [3.8, 4) is 22.1 Å². The number of hydrogen-bond donors (Lipinski definition) is 1. The zero-order valence-electron chi connectivity index (χ0n) is 18.8. The summed E-state index contributed by atoms with van der Waals surface area (Å²) in [4.78, 5) is 24.3. The van der Waals surface area contributed by atoms with Crippen LogP contribution in [0.1, 0.15) is 36.5 Å². The van der Waals surface area contributed by atoms with Gasteiger partial charge in [-0.25, -0.2) is 9.97 Å². The zero-order valence-corrected chi connectivity index (χ0v) is 20.4. The molecule has 1 aromatic carbocycles. The molecule has 1 amide bonds. The predicted octanol–water partition coefficient (Wildman–Crippen LogP) is 5.01. The number of nitrogens with zero attached hydrogens (tertiary/aromatic N) is 3. The average molecular weight is 473 g/mol. The molecule has 3 aromatic rings. The molecule has 32 heavy (non-hydrogen) atoms. The van der Waals surface area contributed by atoms with Crippen LogP contribution in [0.25, 0.3) is 10.6 Å². The first-order valence-corrected chi connectivity index (χ1v) is 12.4. The van der Waals surface area contributed by atoms with E-state index in [1.165, 1.54) is 29.1 Å². The Bertz CT molecular complexity index is 1070. The molecule has 1 aliphatic heterocycles. The second-order valence-corrected chi connectivity index (χ2v) is 10.1. The van der Waals surface area contributed by atoms with Crippen molar-refractivity contribution in [3.63, 3.8) is 0 Å². The van der Waals surface area contributed by atoms with E-state index in [0.29, 0.717) is 34.2 Å². The van der Waals surface area contributed by atoms with Crippen molar-refractivity contribution in [3.05, 3.63) is 40.3 Å². The molecule has 1 aliphatic rings. The monoisotopic (exact) mass is 472 g/mol. The Labute approximate surface area is 196 Å². The minimum atomic E-state index is -0.255. The number of piperidine rings is 1. The summed E-state index contributed by atoms with van der Waals surface area (Å²) >= 11 is 2.86. The number of benzene rings is 1. The highest BCUT2D eigenvalue weighted by atomic mass is 32.1. The number of anilines is 1. The van der Waals surface area contributed by atoms with Gasteiger partial charge in [-0.05, 0) is 36.5 Å². The molecule has 1 fully saturated rings. The Morgan fingerprint density at radius 3 is 2.56 bits per heavy atom. The van der Waals surface area contributed by atoms with Crippen molar-refractivity contribution in [1.29, 1.82) is 0 Å². The van der Waals surface area contributed by atoms with Gasteiger partial charge in [0.2, 0.25) is 0 Å². The summed E-state index contributed by atoms with van der Waals surface area (Å²) in [7, 11) is 3.19. The van der Waals surface area contributed by atoms with Crippen LogP contribution < -0.4 is 14.8 Å². The maximum atomic E-state index is 12.7. The molecular weight excluding hydrogens is 444 g/mol. The van der Waals surface area contributed by atoms with Gasteiger partial charge in [0, 0.05) is 36.0 Å². The molecule has 1 saturated heterocycles. The first-order chi connectivity index (χ1) is 15.4. The quantitative estimate of drug-likeness (QED) is 0.521. The van der Waals surface area contributed by atoms with Crippen molar-refractivity contribution in [1.82, 2.24) is 14.9 Å². The molecule has 0 spiro atoms. The molecule has 170 valence electrons. The van der Waals surface area contributed by atoms with Crippen molar-refractivity contribution in [2.24, 2.45) is 11.8 Å². The topological polar surface area (TPSA) is 76.6 Å². The molecule has 2 atom stereocenters. The Hall–Kier alpha value is -2.49. The average Bonchev–Trinajstić information content (AvgIpc) is 3.42. The van der Waals surface area contributed by atoms with Gasteiger partial charge in [-0.3, -0.25) is 15.0 Å². The normalized spacial score (nSPS) is 19.0. The molecule has 4 rings (SSSR count). The van der Waals surface area contributed by atoms with Crippen LogP contribution in [-0.4, -0.2) is 48.1 Å². The van der Waals surface area contributed by atoms with E-state index in [1.54, 1.807) is 19.6 Å². The number of ether oxygens (including phenoxy) is 2. The van der Waals surface area contributed by atoms with E-state index in [-0.39, 0.29) is 5.91 Å². The van der Waals surface area contributed by atoms with E-state index in [9.17, 15) is 4.79 Å². The van der Waals surface area contributed by atoms with E-state index in [0.717, 1.165) is 35.9 Å². The summed E-state index contributed by atoms with van der Waals surface area (Å²) < 4.78 is 10.6. The van der Waals surface area contributed by atoms with Gasteiger partial charge in [0.15, 0.2) is 16.6 Å². The van der Waals surface area contributed by atoms with E-state index in [1.807, 2.05) is 23.6 Å². The van der Waals surface area contributed by atoms with Crippen molar-refractivity contribution < 1.29 is 14.3 Å². The van der Waals surface area contributed by atoms with Gasteiger partial charge in [-0.15, -0.1) is 22.7 Å². The van der Waals surface area contributed by atoms with E-state index < -0.39 is 0 Å². The van der Waals surface area contributed by atoms with Gasteiger partial charge in [0.05, 0.1) is 19.9 Å². The highest BCUT2D eigenvalue weighted by Crippen LogP contribution is 2.33. The first-order valence-electron chi connectivity index (χ1n) is 10.6. The fraction of sp³-hybridized carbons (Fsp3) is 0.435. The van der Waals surface area contributed by atoms with Gasteiger partial charge < -0.3 is 9.47 Å². The largest absolute Gasteiger partial charge is 0.493 e. The second-order valence-electron chi connectivity index (χ2n) is 8.35. The Morgan fingerprint density at radius 1 is 1.09 bits per heavy atom. The number of methoxy groups -OCH3 is 2. The Balaban J connectivity index is 1.40. The van der Waals surface area contributed by atoms with Gasteiger partial charge in [0.1, 0.15) is 10.7 Å². The molecule has 0 bridgehead atoms. The molecule has 0 saturated carbocycles. The first kappa shape index (κ1) is 22.7. The van der Waals surface area contributed by atoms with Crippen molar-refractivity contribution in [2.45, 2.75) is 26.8 Å². The van der Waals surface area contributed by atoms with Crippen LogP contribution in [0.15, 0.2) is 29.0 Å². The summed E-state index contributed by atoms with van der Waals surface area (Å²) in [5, 5.41) is 8.01. The highest BCUT2D eigenvalue weighted by Gasteiger charge is 2.22. The van der Waals surface area contributed by atoms with Gasteiger partial charge >= 0.3 is 0 Å². The van der Waals surface area contributed by atoms with Gasteiger partial charge in [0.25, 0.3) is 5.91 Å². The summed E-state index contributed by atoms with van der Waals surface area (Å²) in [6, 6.07) is 5.59. The van der Waals surface area contributed by atoms with Gasteiger partial charge in [-0.1, -0.05) is 13.8 Å². The number of amides is 1. The van der Waals surface area contributed by atoms with Crippen LogP contribution in [0.3, 0.4) is 0 Å². The van der Waals surface area contributed by atoms with Crippen LogP contribution in [0.4, 0.5) is 5.13 Å². The van der Waals surface area contributed by atoms with Crippen molar-refractivity contribution >= 4 is 33.7 Å². The lowest BCUT2D eigenvalue weighted by atomic mass is 9.92. The lowest BCUT2D eigenvalue weighted by molar-refractivity contribution is 0.102. The number of likely N-dealkylation sites (tertiary alicyclic amines) is 1. The molecule has 1 N–H and O–H groups in total. The Kier molecular flexibility index (Phi) is 7.07. The maximum absolute atomic E-state index is 12.7. The van der Waals surface area contributed by atoms with Crippen LogP contribution >= 0.6 is 22.7 Å². The zero-order chi connectivity index (χ0) is 22.7. The summed E-state index contributed by atoms with van der Waals surface area (Å²) in [5.41, 5.74) is 2.24. The lowest BCUT2D eigenvalue weighted by Crippen LogP contribution is -2.38. The number of nitrogens with one attached hydrogen (secondary N) is 1. The predicted molar refractivity (Wildman–Crippen MR) is 129 cm³/mol. The van der Waals surface area contributed by atoms with Crippen molar-refractivity contribution in [2.75, 3.05) is 32.6 Å². The van der Waals surface area contributed by atoms with E-state index >= 15 is 0 Å². The van der Waals surface area contributed by atoms with Crippen LogP contribution in [0, 0.1) is 11.8 Å². The SMILES string of the molecule is COc1ccc(-c2nc(C(=O)Nc3nc(CN4CC(C)CC(C)C4)cs3)cs2)cc1OC. The van der Waals surface area contributed by atoms with Crippen LogP contribution in [-0.2, 0) is 6.54 Å². The lowest BCUT2D eigenvalue weighted by Gasteiger charge is -2.34. The number of carbonyl (C=O) groups is 1. The summed E-state index contributed by atoms with van der Waals surface area (Å²) in [6.45, 7) is 7.63. The summed E-state index contributed by atoms with van der Waals surface area (Å²) in [5.74, 6) is 2.44. The second kappa shape index (κ2) is 9.97. The third-order valence-corrected chi connectivity index (χ3v) is 7.17. The van der Waals surface area contributed by atoms with Crippen LogP contribution in [0.2, 0.25) is 0 Å². The third kappa shape index (κ3) is 5.28. The fourth-order valence-electron chi connectivity index (χ4n) is 4.23. The van der Waals surface area contributed by atoms with Crippen LogP contribution in [0.5, 0.6) is 11.5 Å². The van der Waals surface area contributed by atoms with Gasteiger partial charge in [-0.2, -0.15) is 0 Å². The fourth-order valence-corrected chi connectivity index (χ4v) is 5.72. The molecule has 2 aromatic heterocycles. The molecule has 2 unspecified atom stereocenters. The van der Waals surface area contributed by atoms with E-state index in [4.69, 9.17) is 9.47 Å². The molecular formula is C23H28N4O3S2. The smallest absolute Gasteiger partial charge is 0.276 e. The minimum absolute atomic E-state index is 0.255. The molecule has 7 nitrogen and oxygen atoms in total. The molecule has 9 heteroatoms. The number of rotatable bonds is 7. The molecule has 0 aliphatic carbocycles. The molecule has 0 radical (unpaired) electrons. The molecule has 3 heterocycles. The Morgan fingerprint density at radius 2 is 1.84 bits per heavy atom.